The van der Waals surface area contributed by atoms with Crippen molar-refractivity contribution in [1.29, 1.82) is 0 Å². The van der Waals surface area contributed by atoms with Crippen LogP contribution in [0.3, 0.4) is 0 Å². The number of anilines is 2. The zero-order chi connectivity index (χ0) is 24.9. The molecule has 0 aliphatic carbocycles. The molecule has 0 unspecified atom stereocenters. The van der Waals surface area contributed by atoms with Crippen molar-refractivity contribution < 1.29 is 23.9 Å². The second kappa shape index (κ2) is 10.8. The van der Waals surface area contributed by atoms with Gasteiger partial charge in [-0.1, -0.05) is 51.8 Å². The number of nitrogens with one attached hydrogen (secondary N) is 1. The fourth-order valence-electron chi connectivity index (χ4n) is 3.65. The summed E-state index contributed by atoms with van der Waals surface area (Å²) < 4.78 is 5.95. The van der Waals surface area contributed by atoms with Crippen molar-refractivity contribution in [3.05, 3.63) is 93.4 Å². The first-order chi connectivity index (χ1) is 16.8. The van der Waals surface area contributed by atoms with E-state index in [1.807, 2.05) is 0 Å². The second-order valence-electron chi connectivity index (χ2n) is 7.93. The van der Waals surface area contributed by atoms with Crippen molar-refractivity contribution in [2.75, 3.05) is 23.4 Å². The highest BCUT2D eigenvalue weighted by molar-refractivity contribution is 9.10. The molecule has 3 aromatic rings. The number of nitrogens with zero attached hydrogens (tertiary/aromatic N) is 1. The van der Waals surface area contributed by atoms with Gasteiger partial charge in [0.1, 0.15) is 0 Å². The Balaban J connectivity index is 1.31. The number of amides is 2. The summed E-state index contributed by atoms with van der Waals surface area (Å²) in [7, 11) is 0. The van der Waals surface area contributed by atoms with Crippen LogP contribution in [0, 0.1) is 5.92 Å². The third-order valence-corrected chi connectivity index (χ3v) is 6.38. The maximum absolute atomic E-state index is 12.7. The van der Waals surface area contributed by atoms with Crippen molar-refractivity contribution in [3.8, 4) is 0 Å². The van der Waals surface area contributed by atoms with E-state index in [0.717, 1.165) is 4.47 Å². The number of Topliss-reactive ketones (excluding diaryl/α,β-unsaturated/α-hetero) is 1. The molecule has 7 nitrogen and oxygen atoms in total. The molecule has 0 saturated carbocycles. The first kappa shape index (κ1) is 24.6. The van der Waals surface area contributed by atoms with Gasteiger partial charge in [-0.05, 0) is 48.5 Å². The van der Waals surface area contributed by atoms with Gasteiger partial charge in [-0.25, -0.2) is 4.79 Å². The minimum atomic E-state index is -0.648. The summed E-state index contributed by atoms with van der Waals surface area (Å²) in [5.41, 5.74) is 1.74. The van der Waals surface area contributed by atoms with E-state index in [1.165, 1.54) is 17.0 Å². The normalized spacial score (nSPS) is 15.1. The van der Waals surface area contributed by atoms with Gasteiger partial charge in [0.15, 0.2) is 12.4 Å². The number of halogens is 2. The summed E-state index contributed by atoms with van der Waals surface area (Å²) in [4.78, 5) is 51.1. The fraction of sp³-hybridized carbons (Fsp3) is 0.154. The highest BCUT2D eigenvalue weighted by Crippen LogP contribution is 2.31. The average molecular weight is 556 g/mol. The molecule has 0 radical (unpaired) electrons. The number of hydrogen-bond acceptors (Lipinski definition) is 5. The molecule has 1 aliphatic heterocycles. The molecule has 4 rings (SSSR count). The van der Waals surface area contributed by atoms with E-state index in [2.05, 4.69) is 21.2 Å². The van der Waals surface area contributed by atoms with Gasteiger partial charge in [0, 0.05) is 28.7 Å². The van der Waals surface area contributed by atoms with E-state index >= 15 is 0 Å². The van der Waals surface area contributed by atoms with Gasteiger partial charge < -0.3 is 15.0 Å². The van der Waals surface area contributed by atoms with Crippen LogP contribution in [0.1, 0.15) is 27.1 Å². The lowest BCUT2D eigenvalue weighted by molar-refractivity contribution is -0.122. The Kier molecular flexibility index (Phi) is 7.63. The number of ether oxygens (including phenoxy) is 1. The number of carbonyl (C=O) groups excluding carboxylic acids is 4. The summed E-state index contributed by atoms with van der Waals surface area (Å²) in [5, 5.41) is 3.22. The Morgan fingerprint density at radius 3 is 2.31 bits per heavy atom. The minimum Gasteiger partial charge on any atom is -0.454 e. The van der Waals surface area contributed by atoms with Crippen molar-refractivity contribution in [1.82, 2.24) is 0 Å². The lowest BCUT2D eigenvalue weighted by atomic mass is 10.1. The molecule has 1 fully saturated rings. The Morgan fingerprint density at radius 2 is 1.63 bits per heavy atom. The zero-order valence-corrected chi connectivity index (χ0v) is 20.7. The molecule has 1 atom stereocenters. The Hall–Kier alpha value is -3.49. The third kappa shape index (κ3) is 5.96. The van der Waals surface area contributed by atoms with Gasteiger partial charge in [0.25, 0.3) is 0 Å². The number of ketones is 1. The molecule has 1 aliphatic rings. The number of carbonyl (C=O) groups is 4. The number of hydrogen-bond donors (Lipinski definition) is 1. The number of rotatable bonds is 7. The molecule has 0 bridgehead atoms. The van der Waals surface area contributed by atoms with E-state index in [4.69, 9.17) is 16.3 Å². The lowest BCUT2D eigenvalue weighted by Crippen LogP contribution is -2.28. The first-order valence-electron chi connectivity index (χ1n) is 10.7. The molecule has 1 saturated heterocycles. The summed E-state index contributed by atoms with van der Waals surface area (Å²) in [6, 6.07) is 19.9. The van der Waals surface area contributed by atoms with Crippen LogP contribution >= 0.6 is 27.5 Å². The van der Waals surface area contributed by atoms with Crippen LogP contribution in [0.5, 0.6) is 0 Å². The fourth-order valence-corrected chi connectivity index (χ4v) is 4.16. The first-order valence-corrected chi connectivity index (χ1v) is 11.9. The molecule has 178 valence electrons. The van der Waals surface area contributed by atoms with Crippen molar-refractivity contribution >= 4 is 62.5 Å². The second-order valence-corrected chi connectivity index (χ2v) is 9.25. The smallest absolute Gasteiger partial charge is 0.338 e. The summed E-state index contributed by atoms with van der Waals surface area (Å²) in [5.74, 6) is -1.97. The molecule has 3 aromatic carbocycles. The largest absolute Gasteiger partial charge is 0.454 e. The van der Waals surface area contributed by atoms with Crippen LogP contribution in [0.15, 0.2) is 77.3 Å². The molecule has 35 heavy (non-hydrogen) atoms. The molecule has 1 heterocycles. The van der Waals surface area contributed by atoms with Gasteiger partial charge in [-0.15, -0.1) is 0 Å². The van der Waals surface area contributed by atoms with Crippen LogP contribution in [-0.2, 0) is 14.3 Å². The SMILES string of the molecule is O=C(COC(=O)c1ccc(NC(=O)[C@@H]2CC(=O)N(c3ccccc3Cl)C2)cc1)c1ccc(Br)cc1. The lowest BCUT2D eigenvalue weighted by Gasteiger charge is -2.18. The van der Waals surface area contributed by atoms with E-state index in [1.54, 1.807) is 60.7 Å². The van der Waals surface area contributed by atoms with E-state index in [-0.39, 0.29) is 42.7 Å². The summed E-state index contributed by atoms with van der Waals surface area (Å²) in [6.07, 6.45) is 0.0772. The molecule has 1 N–H and O–H groups in total. The van der Waals surface area contributed by atoms with Gasteiger partial charge in [0.05, 0.1) is 22.2 Å². The van der Waals surface area contributed by atoms with Crippen LogP contribution in [0.25, 0.3) is 0 Å². The van der Waals surface area contributed by atoms with Crippen molar-refractivity contribution in [3.63, 3.8) is 0 Å². The average Bonchev–Trinajstić information content (AvgIpc) is 3.25. The van der Waals surface area contributed by atoms with Gasteiger partial charge >= 0.3 is 5.97 Å². The molecule has 2 amide bonds. The third-order valence-electron chi connectivity index (χ3n) is 5.53. The summed E-state index contributed by atoms with van der Waals surface area (Å²) >= 11 is 9.49. The van der Waals surface area contributed by atoms with E-state index in [9.17, 15) is 19.2 Å². The monoisotopic (exact) mass is 554 g/mol. The van der Waals surface area contributed by atoms with E-state index < -0.39 is 11.9 Å². The van der Waals surface area contributed by atoms with Crippen molar-refractivity contribution in [2.24, 2.45) is 5.92 Å². The standard InChI is InChI=1S/C26H20BrClN2O5/c27-19-9-5-16(6-10-19)23(31)15-35-26(34)17-7-11-20(12-8-17)29-25(33)18-13-24(32)30(14-18)22-4-2-1-3-21(22)28/h1-12,18H,13-15H2,(H,29,33)/t18-/m1/s1. The Bertz CT molecular complexity index is 1280. The Morgan fingerprint density at radius 1 is 0.971 bits per heavy atom. The summed E-state index contributed by atoms with van der Waals surface area (Å²) in [6.45, 7) is -0.151. The number of esters is 1. The quantitative estimate of drug-likeness (QED) is 0.322. The minimum absolute atomic E-state index is 0.0772. The van der Waals surface area contributed by atoms with Crippen LogP contribution in [0.2, 0.25) is 5.02 Å². The highest BCUT2D eigenvalue weighted by Gasteiger charge is 2.35. The molecule has 0 aromatic heterocycles. The molecular weight excluding hydrogens is 536 g/mol. The van der Waals surface area contributed by atoms with Gasteiger partial charge in [0.2, 0.25) is 11.8 Å². The van der Waals surface area contributed by atoms with Crippen LogP contribution in [-0.4, -0.2) is 36.7 Å². The maximum atomic E-state index is 12.7. The van der Waals surface area contributed by atoms with E-state index in [0.29, 0.717) is 22.0 Å². The Labute approximate surface area is 215 Å². The molecule has 0 spiro atoms. The predicted octanol–water partition coefficient (Wildman–Crippen LogP) is 5.13. The topological polar surface area (TPSA) is 92.8 Å². The van der Waals surface area contributed by atoms with Gasteiger partial charge in [-0.2, -0.15) is 0 Å². The molecule has 9 heteroatoms. The highest BCUT2D eigenvalue weighted by atomic mass is 79.9. The van der Waals surface area contributed by atoms with Gasteiger partial charge in [-0.3, -0.25) is 14.4 Å². The predicted molar refractivity (Wildman–Crippen MR) is 136 cm³/mol. The van der Waals surface area contributed by atoms with Crippen molar-refractivity contribution in [2.45, 2.75) is 6.42 Å². The number of para-hydroxylation sites is 1. The van der Waals surface area contributed by atoms with Crippen LogP contribution in [0.4, 0.5) is 11.4 Å². The number of benzene rings is 3. The molecular formula is C26H20BrClN2O5. The maximum Gasteiger partial charge on any atom is 0.338 e. The zero-order valence-electron chi connectivity index (χ0n) is 18.4. The van der Waals surface area contributed by atoms with Crippen LogP contribution < -0.4 is 10.2 Å².